The van der Waals surface area contributed by atoms with E-state index in [1.165, 1.54) is 24.5 Å². The van der Waals surface area contributed by atoms with Gasteiger partial charge < -0.3 is 14.5 Å². The van der Waals surface area contributed by atoms with Crippen molar-refractivity contribution < 1.29 is 14.5 Å². The summed E-state index contributed by atoms with van der Waals surface area (Å²) in [6.07, 6.45) is 1.45. The quantitative estimate of drug-likeness (QED) is 0.303. The Balaban J connectivity index is 1.36. The predicted molar refractivity (Wildman–Crippen MR) is 127 cm³/mol. The Bertz CT molecular complexity index is 1420. The highest BCUT2D eigenvalue weighted by Gasteiger charge is 2.29. The molecule has 35 heavy (non-hydrogen) atoms. The van der Waals surface area contributed by atoms with E-state index in [0.717, 1.165) is 11.4 Å². The Morgan fingerprint density at radius 3 is 2.51 bits per heavy atom. The molecule has 1 aliphatic heterocycles. The summed E-state index contributed by atoms with van der Waals surface area (Å²) in [6.45, 7) is 1.62. The number of carbonyl (C=O) groups excluding carboxylic acids is 1. The Kier molecular flexibility index (Phi) is 5.87. The average molecular weight is 495 g/mol. The number of aromatic nitrogens is 5. The van der Waals surface area contributed by atoms with Gasteiger partial charge in [-0.25, -0.2) is 9.97 Å². The van der Waals surface area contributed by atoms with Crippen LogP contribution in [0, 0.1) is 10.1 Å². The topological polar surface area (TPSA) is 132 Å². The van der Waals surface area contributed by atoms with Crippen molar-refractivity contribution in [2.75, 3.05) is 38.2 Å². The van der Waals surface area contributed by atoms with Crippen LogP contribution in [-0.2, 0) is 0 Å². The third-order valence-corrected chi connectivity index (χ3v) is 6.02. The number of anilines is 1. The summed E-state index contributed by atoms with van der Waals surface area (Å²) in [7, 11) is 1.60. The summed E-state index contributed by atoms with van der Waals surface area (Å²) in [5.41, 5.74) is 1.57. The van der Waals surface area contributed by atoms with Crippen molar-refractivity contribution in [1.29, 1.82) is 0 Å². The molecule has 0 N–H and O–H groups in total. The number of piperazine rings is 1. The molecule has 0 atom stereocenters. The van der Waals surface area contributed by atoms with Crippen LogP contribution in [-0.4, -0.2) is 74.0 Å². The minimum absolute atomic E-state index is 0.0252. The number of fused-ring (bicyclic) bond motifs is 1. The summed E-state index contributed by atoms with van der Waals surface area (Å²) < 4.78 is 6.83. The number of halogens is 1. The van der Waals surface area contributed by atoms with Crippen LogP contribution < -0.4 is 9.64 Å². The first-order valence-electron chi connectivity index (χ1n) is 10.7. The molecule has 13 heteroatoms. The fourth-order valence-electron chi connectivity index (χ4n) is 4.00. The van der Waals surface area contributed by atoms with Crippen LogP contribution in [0.5, 0.6) is 5.75 Å². The molecule has 0 radical (unpaired) electrons. The molecule has 2 aromatic carbocycles. The van der Waals surface area contributed by atoms with Gasteiger partial charge in [-0.05, 0) is 36.4 Å². The Labute approximate surface area is 203 Å². The fourth-order valence-corrected chi connectivity index (χ4v) is 4.17. The van der Waals surface area contributed by atoms with Crippen molar-refractivity contribution >= 4 is 40.2 Å². The SMILES string of the molecule is COc1ccc(-n2nnc3c(N4CCN(C(=O)c5cc(Cl)ccc5[N+](=O)[O-])CC4)ncnc32)cc1. The van der Waals surface area contributed by atoms with E-state index in [9.17, 15) is 14.9 Å². The lowest BCUT2D eigenvalue weighted by molar-refractivity contribution is -0.385. The average Bonchev–Trinajstić information content (AvgIpc) is 3.32. The van der Waals surface area contributed by atoms with Crippen molar-refractivity contribution in [2.24, 2.45) is 0 Å². The third kappa shape index (κ3) is 4.19. The van der Waals surface area contributed by atoms with Gasteiger partial charge in [-0.2, -0.15) is 4.68 Å². The standard InChI is InChI=1S/C22H19ClN8O4/c1-35-16-5-3-15(4-6-16)30-21-19(26-27-30)20(24-13-25-21)28-8-10-29(11-9-28)22(32)17-12-14(23)2-7-18(17)31(33)34/h2-7,12-13H,8-11H2,1H3. The molecule has 0 bridgehead atoms. The molecular formula is C22H19ClN8O4. The minimum atomic E-state index is -0.580. The molecule has 0 aliphatic carbocycles. The number of hydrogen-bond acceptors (Lipinski definition) is 9. The fraction of sp³-hybridized carbons (Fsp3) is 0.227. The molecule has 12 nitrogen and oxygen atoms in total. The molecule has 0 unspecified atom stereocenters. The lowest BCUT2D eigenvalue weighted by Gasteiger charge is -2.35. The van der Waals surface area contributed by atoms with Crippen molar-refractivity contribution in [2.45, 2.75) is 0 Å². The molecule has 3 heterocycles. The number of rotatable bonds is 5. The monoisotopic (exact) mass is 494 g/mol. The van der Waals surface area contributed by atoms with E-state index in [1.807, 2.05) is 29.2 Å². The molecule has 1 amide bonds. The first-order valence-corrected chi connectivity index (χ1v) is 11.0. The second-order valence-electron chi connectivity index (χ2n) is 7.77. The van der Waals surface area contributed by atoms with Gasteiger partial charge >= 0.3 is 0 Å². The van der Waals surface area contributed by atoms with Crippen LogP contribution in [0.15, 0.2) is 48.8 Å². The number of ether oxygens (including phenoxy) is 1. The van der Waals surface area contributed by atoms with Crippen LogP contribution >= 0.6 is 11.6 Å². The largest absolute Gasteiger partial charge is 0.497 e. The lowest BCUT2D eigenvalue weighted by atomic mass is 10.1. The van der Waals surface area contributed by atoms with Gasteiger partial charge in [-0.3, -0.25) is 14.9 Å². The molecule has 5 rings (SSSR count). The third-order valence-electron chi connectivity index (χ3n) is 5.79. The van der Waals surface area contributed by atoms with E-state index in [1.54, 1.807) is 16.7 Å². The van der Waals surface area contributed by atoms with Gasteiger partial charge in [-0.1, -0.05) is 16.8 Å². The van der Waals surface area contributed by atoms with Crippen molar-refractivity contribution in [3.05, 3.63) is 69.5 Å². The van der Waals surface area contributed by atoms with Gasteiger partial charge in [0.1, 0.15) is 17.6 Å². The zero-order valence-corrected chi connectivity index (χ0v) is 19.3. The van der Waals surface area contributed by atoms with E-state index in [2.05, 4.69) is 20.3 Å². The van der Waals surface area contributed by atoms with E-state index in [-0.39, 0.29) is 16.3 Å². The van der Waals surface area contributed by atoms with Crippen LogP contribution in [0.2, 0.25) is 5.02 Å². The molecule has 1 saturated heterocycles. The maximum absolute atomic E-state index is 13.0. The van der Waals surface area contributed by atoms with Gasteiger partial charge in [-0.15, -0.1) is 5.10 Å². The number of nitro groups is 1. The van der Waals surface area contributed by atoms with Crippen LogP contribution in [0.1, 0.15) is 10.4 Å². The Hall–Kier alpha value is -4.32. The van der Waals surface area contributed by atoms with Gasteiger partial charge in [0, 0.05) is 37.3 Å². The van der Waals surface area contributed by atoms with E-state index < -0.39 is 10.8 Å². The van der Waals surface area contributed by atoms with Crippen LogP contribution in [0.25, 0.3) is 16.9 Å². The summed E-state index contributed by atoms with van der Waals surface area (Å²) in [4.78, 5) is 36.1. The molecule has 0 spiro atoms. The number of hydrogen-bond donors (Lipinski definition) is 0. The number of nitrogens with zero attached hydrogens (tertiary/aromatic N) is 8. The van der Waals surface area contributed by atoms with Gasteiger partial charge in [0.15, 0.2) is 17.0 Å². The number of amides is 1. The van der Waals surface area contributed by atoms with Crippen LogP contribution in [0.3, 0.4) is 0 Å². The number of carbonyl (C=O) groups is 1. The van der Waals surface area contributed by atoms with Gasteiger partial charge in [0.25, 0.3) is 11.6 Å². The van der Waals surface area contributed by atoms with Crippen molar-refractivity contribution in [1.82, 2.24) is 29.9 Å². The van der Waals surface area contributed by atoms with Gasteiger partial charge in [0.05, 0.1) is 17.7 Å². The maximum Gasteiger partial charge on any atom is 0.282 e. The molecule has 1 aliphatic rings. The zero-order chi connectivity index (χ0) is 24.5. The molecule has 4 aromatic rings. The number of methoxy groups -OCH3 is 1. The summed E-state index contributed by atoms with van der Waals surface area (Å²) in [5.74, 6) is 0.900. The van der Waals surface area contributed by atoms with E-state index in [0.29, 0.717) is 43.2 Å². The normalized spacial score (nSPS) is 13.8. The highest BCUT2D eigenvalue weighted by atomic mass is 35.5. The maximum atomic E-state index is 13.0. The molecule has 2 aromatic heterocycles. The number of benzene rings is 2. The summed E-state index contributed by atoms with van der Waals surface area (Å²) in [6, 6.07) is 11.3. The second-order valence-corrected chi connectivity index (χ2v) is 8.20. The Morgan fingerprint density at radius 1 is 1.09 bits per heavy atom. The predicted octanol–water partition coefficient (Wildman–Crippen LogP) is 2.74. The van der Waals surface area contributed by atoms with E-state index in [4.69, 9.17) is 16.3 Å². The first kappa shape index (κ1) is 22.5. The summed E-state index contributed by atoms with van der Waals surface area (Å²) in [5, 5.41) is 20.2. The molecular weight excluding hydrogens is 476 g/mol. The highest BCUT2D eigenvalue weighted by Crippen LogP contribution is 2.27. The van der Waals surface area contributed by atoms with E-state index >= 15 is 0 Å². The van der Waals surface area contributed by atoms with Gasteiger partial charge in [0.2, 0.25) is 0 Å². The second kappa shape index (κ2) is 9.14. The highest BCUT2D eigenvalue weighted by molar-refractivity contribution is 6.31. The zero-order valence-electron chi connectivity index (χ0n) is 18.5. The first-order chi connectivity index (χ1) is 17.0. The number of nitro benzene ring substituents is 1. The van der Waals surface area contributed by atoms with Crippen molar-refractivity contribution in [3.63, 3.8) is 0 Å². The van der Waals surface area contributed by atoms with Crippen molar-refractivity contribution in [3.8, 4) is 11.4 Å². The molecule has 1 fully saturated rings. The molecule has 0 saturated carbocycles. The summed E-state index contributed by atoms with van der Waals surface area (Å²) >= 11 is 5.99. The lowest BCUT2D eigenvalue weighted by Crippen LogP contribution is -2.49. The minimum Gasteiger partial charge on any atom is -0.497 e. The Morgan fingerprint density at radius 2 is 1.83 bits per heavy atom. The van der Waals surface area contributed by atoms with Crippen LogP contribution in [0.4, 0.5) is 11.5 Å². The molecule has 178 valence electrons. The smallest absolute Gasteiger partial charge is 0.282 e.